The molecule has 2 heteroatoms. The Morgan fingerprint density at radius 2 is 0.554 bits per heavy atom. The summed E-state index contributed by atoms with van der Waals surface area (Å²) in [6.45, 7) is 0. The van der Waals surface area contributed by atoms with E-state index in [0.717, 1.165) is 11.4 Å². The van der Waals surface area contributed by atoms with Crippen molar-refractivity contribution < 1.29 is 0 Å². The van der Waals surface area contributed by atoms with E-state index in [1.54, 1.807) is 0 Å². The Bertz CT molecular complexity index is 3090. The van der Waals surface area contributed by atoms with Crippen molar-refractivity contribution in [2.45, 2.75) is 0 Å². The van der Waals surface area contributed by atoms with E-state index in [0.29, 0.717) is 0 Å². The topological polar surface area (TPSA) is 9.86 Å². The van der Waals surface area contributed by atoms with Gasteiger partial charge in [0, 0.05) is 32.9 Å². The first-order chi connectivity index (χ1) is 27.8. The molecule has 0 bridgehead atoms. The summed E-state index contributed by atoms with van der Waals surface area (Å²) < 4.78 is 4.97. The van der Waals surface area contributed by atoms with E-state index in [2.05, 4.69) is 228 Å². The molecule has 0 aliphatic heterocycles. The van der Waals surface area contributed by atoms with Crippen molar-refractivity contribution in [3.05, 3.63) is 218 Å². The lowest BCUT2D eigenvalue weighted by Gasteiger charge is -2.16. The number of benzene rings is 9. The quantitative estimate of drug-likeness (QED) is 0.162. The van der Waals surface area contributed by atoms with Crippen molar-refractivity contribution in [2.75, 3.05) is 0 Å². The molecule has 2 nitrogen and oxygen atoms in total. The first kappa shape index (κ1) is 32.0. The van der Waals surface area contributed by atoms with Crippen molar-refractivity contribution in [3.63, 3.8) is 0 Å². The van der Waals surface area contributed by atoms with Gasteiger partial charge in [-0.3, -0.25) is 0 Å². The minimum Gasteiger partial charge on any atom is -0.307 e. The molecule has 11 rings (SSSR count). The molecule has 0 amide bonds. The van der Waals surface area contributed by atoms with Gasteiger partial charge in [-0.05, 0) is 87.0 Å². The molecule has 0 aliphatic carbocycles. The van der Waals surface area contributed by atoms with E-state index in [-0.39, 0.29) is 0 Å². The maximum absolute atomic E-state index is 2.51. The van der Waals surface area contributed by atoms with Gasteiger partial charge in [-0.15, -0.1) is 0 Å². The van der Waals surface area contributed by atoms with Gasteiger partial charge in [-0.2, -0.15) is 0 Å². The SMILES string of the molecule is c1ccc(-c2ccc(-c3cc(-c4ccc(-c5ccccc5)cc4)cc(-n4c5ccccc5c5ccc6c7ccccc7n(-c7ccccc7)c6c54)c3)cc2)cc1. The van der Waals surface area contributed by atoms with E-state index in [1.807, 2.05) is 0 Å². The van der Waals surface area contributed by atoms with Crippen molar-refractivity contribution >= 4 is 43.6 Å². The van der Waals surface area contributed by atoms with E-state index < -0.39 is 0 Å². The Kier molecular flexibility index (Phi) is 7.53. The number of para-hydroxylation sites is 3. The fourth-order valence-corrected chi connectivity index (χ4v) is 8.66. The Balaban J connectivity index is 1.20. The molecule has 0 fully saturated rings. The predicted octanol–water partition coefficient (Wildman–Crippen LogP) is 14.5. The highest BCUT2D eigenvalue weighted by Crippen LogP contribution is 2.43. The predicted molar refractivity (Wildman–Crippen MR) is 237 cm³/mol. The Morgan fingerprint density at radius 1 is 0.214 bits per heavy atom. The van der Waals surface area contributed by atoms with Crippen LogP contribution in [0.5, 0.6) is 0 Å². The molecule has 0 atom stereocenters. The summed E-state index contributed by atoms with van der Waals surface area (Å²) in [5.74, 6) is 0. The molecule has 0 N–H and O–H groups in total. The molecule has 0 spiro atoms. The molecule has 0 aliphatic rings. The molecule has 11 aromatic rings. The average Bonchev–Trinajstić information content (AvgIpc) is 3.80. The van der Waals surface area contributed by atoms with Crippen LogP contribution in [0.4, 0.5) is 0 Å². The van der Waals surface area contributed by atoms with Gasteiger partial charge in [0.1, 0.15) is 0 Å². The number of hydrogen-bond donors (Lipinski definition) is 0. The summed E-state index contributed by atoms with van der Waals surface area (Å²) in [4.78, 5) is 0. The lowest BCUT2D eigenvalue weighted by molar-refractivity contribution is 1.15. The van der Waals surface area contributed by atoms with Crippen LogP contribution in [0.2, 0.25) is 0 Å². The molecule has 0 unspecified atom stereocenters. The summed E-state index contributed by atoms with van der Waals surface area (Å²) in [6, 6.07) is 79.5. The van der Waals surface area contributed by atoms with Gasteiger partial charge < -0.3 is 9.13 Å². The Hall–Kier alpha value is -7.42. The van der Waals surface area contributed by atoms with Gasteiger partial charge >= 0.3 is 0 Å². The number of fused-ring (bicyclic) bond motifs is 7. The molecule has 9 aromatic carbocycles. The summed E-state index contributed by atoms with van der Waals surface area (Å²) in [5, 5.41) is 4.96. The van der Waals surface area contributed by atoms with E-state index >= 15 is 0 Å². The molecule has 2 heterocycles. The fraction of sp³-hybridized carbons (Fsp3) is 0. The van der Waals surface area contributed by atoms with Gasteiger partial charge in [-0.1, -0.05) is 176 Å². The van der Waals surface area contributed by atoms with Crippen molar-refractivity contribution in [1.29, 1.82) is 0 Å². The molecule has 2 aromatic heterocycles. The maximum atomic E-state index is 2.51. The number of aromatic nitrogens is 2. The highest BCUT2D eigenvalue weighted by Gasteiger charge is 2.22. The second-order valence-corrected chi connectivity index (χ2v) is 14.6. The second-order valence-electron chi connectivity index (χ2n) is 14.6. The lowest BCUT2D eigenvalue weighted by atomic mass is 9.95. The third-order valence-corrected chi connectivity index (χ3v) is 11.3. The minimum absolute atomic E-state index is 1.13. The largest absolute Gasteiger partial charge is 0.307 e. The van der Waals surface area contributed by atoms with Crippen LogP contribution in [0.15, 0.2) is 218 Å². The molecule has 56 heavy (non-hydrogen) atoms. The Morgan fingerprint density at radius 3 is 1.00 bits per heavy atom. The zero-order valence-corrected chi connectivity index (χ0v) is 30.7. The summed E-state index contributed by atoms with van der Waals surface area (Å²) in [5.41, 5.74) is 16.6. The maximum Gasteiger partial charge on any atom is 0.0788 e. The monoisotopic (exact) mass is 712 g/mol. The van der Waals surface area contributed by atoms with Gasteiger partial charge in [0.15, 0.2) is 0 Å². The van der Waals surface area contributed by atoms with E-state index in [9.17, 15) is 0 Å². The van der Waals surface area contributed by atoms with Crippen LogP contribution in [0.1, 0.15) is 0 Å². The second kappa shape index (κ2) is 13.2. The molecule has 0 radical (unpaired) electrons. The lowest BCUT2D eigenvalue weighted by Crippen LogP contribution is -1.99. The van der Waals surface area contributed by atoms with Crippen LogP contribution in [-0.2, 0) is 0 Å². The van der Waals surface area contributed by atoms with Crippen LogP contribution in [0.3, 0.4) is 0 Å². The van der Waals surface area contributed by atoms with Gasteiger partial charge in [0.2, 0.25) is 0 Å². The fourth-order valence-electron chi connectivity index (χ4n) is 8.66. The number of nitrogens with zero attached hydrogens (tertiary/aromatic N) is 2. The van der Waals surface area contributed by atoms with Crippen molar-refractivity contribution in [2.24, 2.45) is 0 Å². The van der Waals surface area contributed by atoms with Crippen LogP contribution in [-0.4, -0.2) is 9.13 Å². The van der Waals surface area contributed by atoms with Crippen molar-refractivity contribution in [1.82, 2.24) is 9.13 Å². The molecule has 0 saturated heterocycles. The molecular formula is C54H36N2. The zero-order chi connectivity index (χ0) is 37.0. The molecule has 0 saturated carbocycles. The van der Waals surface area contributed by atoms with Gasteiger partial charge in [0.25, 0.3) is 0 Å². The molecular weight excluding hydrogens is 677 g/mol. The van der Waals surface area contributed by atoms with Crippen LogP contribution in [0.25, 0.3) is 99.5 Å². The third-order valence-electron chi connectivity index (χ3n) is 11.3. The zero-order valence-electron chi connectivity index (χ0n) is 30.7. The summed E-state index contributed by atoms with van der Waals surface area (Å²) in [6.07, 6.45) is 0. The van der Waals surface area contributed by atoms with Crippen LogP contribution >= 0.6 is 0 Å². The summed E-state index contributed by atoms with van der Waals surface area (Å²) in [7, 11) is 0. The van der Waals surface area contributed by atoms with E-state index in [4.69, 9.17) is 0 Å². The van der Waals surface area contributed by atoms with Gasteiger partial charge in [-0.25, -0.2) is 0 Å². The number of hydrogen-bond acceptors (Lipinski definition) is 0. The van der Waals surface area contributed by atoms with Gasteiger partial charge in [0.05, 0.1) is 22.1 Å². The van der Waals surface area contributed by atoms with Crippen LogP contribution in [0, 0.1) is 0 Å². The molecule has 262 valence electrons. The van der Waals surface area contributed by atoms with Crippen LogP contribution < -0.4 is 0 Å². The highest BCUT2D eigenvalue weighted by molar-refractivity contribution is 6.23. The third kappa shape index (κ3) is 5.26. The Labute approximate surface area is 325 Å². The minimum atomic E-state index is 1.13. The average molecular weight is 713 g/mol. The van der Waals surface area contributed by atoms with E-state index in [1.165, 1.54) is 88.1 Å². The standard InChI is InChI=1S/C54H36N2/c1-4-14-37(15-5-1)39-24-28-41(29-25-39)43-34-44(42-30-26-40(27-31-42)38-16-6-2-7-17-38)36-46(35-43)56-52-23-13-11-21-48(52)50-33-32-49-47-20-10-12-22-51(47)55(53(49)54(50)56)45-18-8-3-9-19-45/h1-36H. The highest BCUT2D eigenvalue weighted by atomic mass is 15.0. The first-order valence-corrected chi connectivity index (χ1v) is 19.3. The van der Waals surface area contributed by atoms with Crippen molar-refractivity contribution in [3.8, 4) is 55.9 Å². The first-order valence-electron chi connectivity index (χ1n) is 19.3. The smallest absolute Gasteiger partial charge is 0.0788 e. The number of rotatable bonds is 6. The summed E-state index contributed by atoms with van der Waals surface area (Å²) >= 11 is 0. The normalized spacial score (nSPS) is 11.6.